The summed E-state index contributed by atoms with van der Waals surface area (Å²) < 4.78 is 15.0. The van der Waals surface area contributed by atoms with Crippen LogP contribution in [0.4, 0.5) is 4.39 Å². The van der Waals surface area contributed by atoms with Gasteiger partial charge in [0.1, 0.15) is 5.82 Å². The normalized spacial score (nSPS) is 11.3. The smallest absolute Gasteiger partial charge is 0.313 e. The average Bonchev–Trinajstić information content (AvgIpc) is 3.25. The maximum absolute atomic E-state index is 13.2. The predicted molar refractivity (Wildman–Crippen MR) is 103 cm³/mol. The van der Waals surface area contributed by atoms with E-state index in [-0.39, 0.29) is 5.82 Å². The standard InChI is InChI=1S/C19H11ClFN3O2S/c20-14-5-1-13(2-6-14)18(25)26-22-11-16-17(12-3-7-15(21)8-4-12)23-19-24(16)9-10-27-19/h1-11H/b22-11+. The highest BCUT2D eigenvalue weighted by molar-refractivity contribution is 7.15. The van der Waals surface area contributed by atoms with Gasteiger partial charge < -0.3 is 4.84 Å². The highest BCUT2D eigenvalue weighted by Crippen LogP contribution is 2.26. The van der Waals surface area contributed by atoms with Crippen LogP contribution in [0.3, 0.4) is 0 Å². The summed E-state index contributed by atoms with van der Waals surface area (Å²) in [6.45, 7) is 0. The first-order chi connectivity index (χ1) is 13.1. The number of imidazole rings is 1. The van der Waals surface area contributed by atoms with Crippen LogP contribution >= 0.6 is 22.9 Å². The zero-order chi connectivity index (χ0) is 18.8. The molecule has 8 heteroatoms. The van der Waals surface area contributed by atoms with Crippen molar-refractivity contribution >= 4 is 40.1 Å². The monoisotopic (exact) mass is 399 g/mol. The van der Waals surface area contributed by atoms with E-state index in [2.05, 4.69) is 10.1 Å². The average molecular weight is 400 g/mol. The third kappa shape index (κ3) is 3.60. The van der Waals surface area contributed by atoms with Gasteiger partial charge in [-0.25, -0.2) is 14.2 Å². The van der Waals surface area contributed by atoms with Crippen LogP contribution in [0.5, 0.6) is 0 Å². The van der Waals surface area contributed by atoms with Crippen LogP contribution in [-0.4, -0.2) is 21.6 Å². The number of oxime groups is 1. The summed E-state index contributed by atoms with van der Waals surface area (Å²) >= 11 is 7.26. The van der Waals surface area contributed by atoms with Gasteiger partial charge in [0.15, 0.2) is 4.96 Å². The molecule has 2 aromatic heterocycles. The quantitative estimate of drug-likeness (QED) is 0.274. The second kappa shape index (κ2) is 7.30. The van der Waals surface area contributed by atoms with Crippen molar-refractivity contribution in [2.24, 2.45) is 5.16 Å². The number of nitrogens with zero attached hydrogens (tertiary/aromatic N) is 3. The lowest BCUT2D eigenvalue weighted by Gasteiger charge is -2.00. The first-order valence-corrected chi connectivity index (χ1v) is 9.09. The molecule has 0 atom stereocenters. The van der Waals surface area contributed by atoms with E-state index in [9.17, 15) is 9.18 Å². The van der Waals surface area contributed by atoms with Gasteiger partial charge in [-0.2, -0.15) is 0 Å². The fourth-order valence-electron chi connectivity index (χ4n) is 2.51. The van der Waals surface area contributed by atoms with Crippen molar-refractivity contribution in [2.45, 2.75) is 0 Å². The Hall–Kier alpha value is -3.03. The van der Waals surface area contributed by atoms with Crippen molar-refractivity contribution in [3.8, 4) is 11.3 Å². The van der Waals surface area contributed by atoms with E-state index in [1.54, 1.807) is 36.4 Å². The van der Waals surface area contributed by atoms with Gasteiger partial charge in [-0.15, -0.1) is 11.3 Å². The Morgan fingerprint density at radius 3 is 2.67 bits per heavy atom. The topological polar surface area (TPSA) is 56.0 Å². The maximum atomic E-state index is 13.2. The number of carbonyl (C=O) groups excluding carboxylic acids is 1. The van der Waals surface area contributed by atoms with Gasteiger partial charge in [0, 0.05) is 22.2 Å². The van der Waals surface area contributed by atoms with E-state index >= 15 is 0 Å². The minimum atomic E-state index is -0.600. The third-order valence-electron chi connectivity index (χ3n) is 3.81. The Morgan fingerprint density at radius 1 is 1.19 bits per heavy atom. The fraction of sp³-hybridized carbons (Fsp3) is 0. The van der Waals surface area contributed by atoms with Crippen molar-refractivity contribution in [3.05, 3.63) is 82.2 Å². The van der Waals surface area contributed by atoms with Gasteiger partial charge in [0.25, 0.3) is 0 Å². The second-order valence-electron chi connectivity index (χ2n) is 5.53. The molecule has 0 unspecified atom stereocenters. The van der Waals surface area contributed by atoms with Gasteiger partial charge in [0.2, 0.25) is 0 Å². The Bertz CT molecular complexity index is 1130. The number of thiazole rings is 1. The zero-order valence-electron chi connectivity index (χ0n) is 13.7. The first kappa shape index (κ1) is 17.4. The molecule has 134 valence electrons. The molecule has 0 aliphatic carbocycles. The molecule has 4 rings (SSSR count). The molecule has 0 aliphatic rings. The van der Waals surface area contributed by atoms with E-state index in [1.807, 2.05) is 16.0 Å². The Labute approximate surface area is 162 Å². The summed E-state index contributed by atoms with van der Waals surface area (Å²) in [5.74, 6) is -0.927. The van der Waals surface area contributed by atoms with Gasteiger partial charge in [0.05, 0.1) is 23.2 Å². The van der Waals surface area contributed by atoms with Gasteiger partial charge in [-0.05, 0) is 48.5 Å². The number of halogens is 2. The van der Waals surface area contributed by atoms with E-state index in [1.165, 1.54) is 29.7 Å². The summed E-state index contributed by atoms with van der Waals surface area (Å²) in [7, 11) is 0. The van der Waals surface area contributed by atoms with E-state index < -0.39 is 5.97 Å². The molecule has 4 aromatic rings. The summed E-state index contributed by atoms with van der Waals surface area (Å²) in [5.41, 5.74) is 2.32. The van der Waals surface area contributed by atoms with Crippen LogP contribution < -0.4 is 0 Å². The van der Waals surface area contributed by atoms with Crippen molar-refractivity contribution in [3.63, 3.8) is 0 Å². The second-order valence-corrected chi connectivity index (χ2v) is 6.84. The third-order valence-corrected chi connectivity index (χ3v) is 4.82. The number of hydrogen-bond donors (Lipinski definition) is 0. The van der Waals surface area contributed by atoms with E-state index in [0.29, 0.717) is 22.0 Å². The molecule has 0 saturated carbocycles. The number of benzene rings is 2. The van der Waals surface area contributed by atoms with Gasteiger partial charge in [-0.3, -0.25) is 4.40 Å². The first-order valence-electron chi connectivity index (χ1n) is 7.83. The Morgan fingerprint density at radius 2 is 1.93 bits per heavy atom. The molecule has 0 bridgehead atoms. The largest absolute Gasteiger partial charge is 0.365 e. The summed E-state index contributed by atoms with van der Waals surface area (Å²) in [5, 5.41) is 6.22. The minimum Gasteiger partial charge on any atom is -0.313 e. The van der Waals surface area contributed by atoms with Crippen LogP contribution in [0, 0.1) is 5.82 Å². The van der Waals surface area contributed by atoms with E-state index in [0.717, 1.165) is 10.5 Å². The highest BCUT2D eigenvalue weighted by atomic mass is 35.5. The molecule has 27 heavy (non-hydrogen) atoms. The number of rotatable bonds is 4. The summed E-state index contributed by atoms with van der Waals surface area (Å²) in [6, 6.07) is 12.3. The number of carbonyl (C=O) groups is 1. The highest BCUT2D eigenvalue weighted by Gasteiger charge is 2.14. The molecule has 5 nitrogen and oxygen atoms in total. The molecule has 0 aliphatic heterocycles. The van der Waals surface area contributed by atoms with Crippen LogP contribution in [-0.2, 0) is 4.84 Å². The zero-order valence-corrected chi connectivity index (χ0v) is 15.2. The van der Waals surface area contributed by atoms with E-state index in [4.69, 9.17) is 16.4 Å². The molecular formula is C19H11ClFN3O2S. The van der Waals surface area contributed by atoms with Crippen molar-refractivity contribution in [1.29, 1.82) is 0 Å². The molecule has 2 heterocycles. The molecule has 0 fully saturated rings. The van der Waals surface area contributed by atoms with Crippen LogP contribution in [0.2, 0.25) is 5.02 Å². The molecule has 2 aromatic carbocycles. The predicted octanol–water partition coefficient (Wildman–Crippen LogP) is 5.05. The van der Waals surface area contributed by atoms with Crippen molar-refractivity contribution in [2.75, 3.05) is 0 Å². The molecule has 0 spiro atoms. The van der Waals surface area contributed by atoms with Crippen LogP contribution in [0.1, 0.15) is 16.1 Å². The lowest BCUT2D eigenvalue weighted by molar-refractivity contribution is 0.0519. The SMILES string of the molecule is O=C(O/N=C/c1c(-c2ccc(F)cc2)nc2sccn12)c1ccc(Cl)cc1. The number of fused-ring (bicyclic) bond motifs is 1. The number of hydrogen-bond acceptors (Lipinski definition) is 5. The lowest BCUT2D eigenvalue weighted by Crippen LogP contribution is -2.01. The summed E-state index contributed by atoms with van der Waals surface area (Å²) in [4.78, 5) is 22.3. The Kier molecular flexibility index (Phi) is 4.70. The lowest BCUT2D eigenvalue weighted by atomic mass is 10.1. The molecule has 0 radical (unpaired) electrons. The molecular weight excluding hydrogens is 389 g/mol. The van der Waals surface area contributed by atoms with Crippen LogP contribution in [0.15, 0.2) is 65.3 Å². The van der Waals surface area contributed by atoms with Crippen molar-refractivity contribution < 1.29 is 14.0 Å². The van der Waals surface area contributed by atoms with Crippen molar-refractivity contribution in [1.82, 2.24) is 9.38 Å². The molecule has 0 saturated heterocycles. The van der Waals surface area contributed by atoms with Gasteiger partial charge in [-0.1, -0.05) is 16.8 Å². The minimum absolute atomic E-state index is 0.327. The molecule has 0 N–H and O–H groups in total. The maximum Gasteiger partial charge on any atom is 0.365 e. The van der Waals surface area contributed by atoms with Crippen LogP contribution in [0.25, 0.3) is 16.2 Å². The van der Waals surface area contributed by atoms with Gasteiger partial charge >= 0.3 is 5.97 Å². The fourth-order valence-corrected chi connectivity index (χ4v) is 3.36. The Balaban J connectivity index is 1.62. The summed E-state index contributed by atoms with van der Waals surface area (Å²) in [6.07, 6.45) is 3.25. The molecule has 0 amide bonds. The number of aromatic nitrogens is 2.